The normalized spacial score (nSPS) is 17.2. The molecule has 2 aliphatic heterocycles. The Labute approximate surface area is 168 Å². The summed E-state index contributed by atoms with van der Waals surface area (Å²) in [4.78, 5) is 21.6. The molecule has 9 heteroatoms. The van der Waals surface area contributed by atoms with Crippen LogP contribution in [0, 0.1) is 0 Å². The average Bonchev–Trinajstić information content (AvgIpc) is 3.36. The number of aliphatic hydroxyl groups excluding tert-OH is 1. The predicted octanol–water partition coefficient (Wildman–Crippen LogP) is 0.249. The van der Waals surface area contributed by atoms with Gasteiger partial charge in [-0.1, -0.05) is 0 Å². The topological polar surface area (TPSA) is 92.3 Å². The Morgan fingerprint density at radius 3 is 2.76 bits per heavy atom. The van der Waals surface area contributed by atoms with Crippen molar-refractivity contribution in [3.8, 4) is 0 Å². The molecule has 4 heterocycles. The molecule has 1 aromatic carbocycles. The fourth-order valence-electron chi connectivity index (χ4n) is 4.30. The minimum Gasteiger partial charge on any atom is -0.395 e. The molecule has 3 aromatic rings. The number of fused-ring (bicyclic) bond motifs is 2. The largest absolute Gasteiger partial charge is 0.395 e. The second-order valence-corrected chi connectivity index (χ2v) is 7.72. The number of rotatable bonds is 5. The molecule has 1 N–H and O–H groups in total. The van der Waals surface area contributed by atoms with Crippen molar-refractivity contribution in [1.29, 1.82) is 0 Å². The number of hydrogen-bond acceptors (Lipinski definition) is 7. The van der Waals surface area contributed by atoms with E-state index >= 15 is 0 Å². The number of nitrogens with zero attached hydrogens (tertiary/aromatic N) is 7. The lowest BCUT2D eigenvalue weighted by Gasteiger charge is -2.35. The fraction of sp³-hybridized carbons (Fsp3) is 0.500. The van der Waals surface area contributed by atoms with Crippen molar-refractivity contribution in [1.82, 2.24) is 29.2 Å². The summed E-state index contributed by atoms with van der Waals surface area (Å²) in [5.41, 5.74) is 1.68. The summed E-state index contributed by atoms with van der Waals surface area (Å²) in [6.45, 7) is 5.86. The molecule has 0 saturated carbocycles. The zero-order valence-corrected chi connectivity index (χ0v) is 16.4. The zero-order valence-electron chi connectivity index (χ0n) is 16.4. The Morgan fingerprint density at radius 2 is 1.93 bits per heavy atom. The number of aliphatic hydroxyl groups is 1. The molecule has 2 aliphatic rings. The minimum atomic E-state index is -0.110. The van der Waals surface area contributed by atoms with Crippen molar-refractivity contribution in [2.75, 3.05) is 37.7 Å². The lowest BCUT2D eigenvalue weighted by Crippen LogP contribution is -2.46. The number of benzene rings is 1. The van der Waals surface area contributed by atoms with Gasteiger partial charge in [-0.05, 0) is 24.6 Å². The van der Waals surface area contributed by atoms with Crippen LogP contribution in [-0.4, -0.2) is 67.1 Å². The lowest BCUT2D eigenvalue weighted by atomic mass is 10.2. The second kappa shape index (κ2) is 7.57. The molecule has 9 nitrogen and oxygen atoms in total. The van der Waals surface area contributed by atoms with Gasteiger partial charge in [-0.3, -0.25) is 14.3 Å². The van der Waals surface area contributed by atoms with Crippen LogP contribution in [0.2, 0.25) is 0 Å². The van der Waals surface area contributed by atoms with E-state index in [0.717, 1.165) is 63.0 Å². The first kappa shape index (κ1) is 18.3. The maximum absolute atomic E-state index is 12.5. The van der Waals surface area contributed by atoms with Crippen LogP contribution in [0.5, 0.6) is 0 Å². The van der Waals surface area contributed by atoms with Crippen molar-refractivity contribution >= 4 is 16.6 Å². The van der Waals surface area contributed by atoms with Crippen LogP contribution in [0.25, 0.3) is 10.9 Å². The minimum absolute atomic E-state index is 0.0763. The van der Waals surface area contributed by atoms with Gasteiger partial charge in [0.15, 0.2) is 0 Å². The van der Waals surface area contributed by atoms with E-state index in [2.05, 4.69) is 29.5 Å². The molecular weight excluding hydrogens is 370 g/mol. The van der Waals surface area contributed by atoms with E-state index in [-0.39, 0.29) is 18.7 Å². The molecule has 0 bridgehead atoms. The van der Waals surface area contributed by atoms with Crippen molar-refractivity contribution in [2.45, 2.75) is 32.5 Å². The third-order valence-electron chi connectivity index (χ3n) is 5.94. The quantitative estimate of drug-likeness (QED) is 0.662. The highest BCUT2D eigenvalue weighted by molar-refractivity contribution is 5.81. The van der Waals surface area contributed by atoms with Crippen molar-refractivity contribution in [3.63, 3.8) is 0 Å². The Kier molecular flexibility index (Phi) is 4.76. The Bertz CT molecular complexity index is 1080. The van der Waals surface area contributed by atoms with Crippen LogP contribution in [0.1, 0.15) is 18.1 Å². The summed E-state index contributed by atoms with van der Waals surface area (Å²) in [5, 5.41) is 18.3. The van der Waals surface area contributed by atoms with Crippen LogP contribution in [0.15, 0.2) is 29.3 Å². The molecule has 0 aliphatic carbocycles. The number of aromatic nitrogens is 5. The van der Waals surface area contributed by atoms with Gasteiger partial charge in [0.2, 0.25) is 0 Å². The molecular formula is C20H25N7O2. The van der Waals surface area contributed by atoms with E-state index in [1.807, 2.05) is 18.2 Å². The standard InChI is InChI=1S/C20H25N7O2/c28-11-10-26-14-21-17-12-15(3-4-16(17)20(26)29)25-8-6-24(7-9-25)13-19-23-22-18-2-1-5-27(18)19/h3-4,12,14,28H,1-2,5-11,13H2. The van der Waals surface area contributed by atoms with Gasteiger partial charge in [0, 0.05) is 44.8 Å². The zero-order chi connectivity index (χ0) is 19.8. The van der Waals surface area contributed by atoms with Gasteiger partial charge in [-0.2, -0.15) is 0 Å². The summed E-state index contributed by atoms with van der Waals surface area (Å²) in [5.74, 6) is 2.21. The van der Waals surface area contributed by atoms with E-state index in [1.54, 1.807) is 0 Å². The first-order valence-corrected chi connectivity index (χ1v) is 10.2. The molecule has 0 spiro atoms. The number of anilines is 1. The number of hydrogen-bond donors (Lipinski definition) is 1. The third kappa shape index (κ3) is 3.40. The van der Waals surface area contributed by atoms with Gasteiger partial charge in [0.05, 0.1) is 36.9 Å². The van der Waals surface area contributed by atoms with Crippen LogP contribution in [0.3, 0.4) is 0 Å². The molecule has 2 aromatic heterocycles. The number of piperazine rings is 1. The first-order valence-electron chi connectivity index (χ1n) is 10.2. The Balaban J connectivity index is 1.27. The summed E-state index contributed by atoms with van der Waals surface area (Å²) < 4.78 is 3.72. The van der Waals surface area contributed by atoms with Crippen molar-refractivity contribution in [2.24, 2.45) is 0 Å². The first-order chi connectivity index (χ1) is 14.2. The molecule has 0 radical (unpaired) electrons. The third-order valence-corrected chi connectivity index (χ3v) is 5.94. The van der Waals surface area contributed by atoms with Crippen LogP contribution >= 0.6 is 0 Å². The monoisotopic (exact) mass is 395 g/mol. The highest BCUT2D eigenvalue weighted by Gasteiger charge is 2.22. The lowest BCUT2D eigenvalue weighted by molar-refractivity contribution is 0.240. The smallest absolute Gasteiger partial charge is 0.261 e. The molecule has 1 saturated heterocycles. The molecule has 152 valence electrons. The summed E-state index contributed by atoms with van der Waals surface area (Å²) in [7, 11) is 0. The molecule has 29 heavy (non-hydrogen) atoms. The van der Waals surface area contributed by atoms with E-state index in [0.29, 0.717) is 10.9 Å². The fourth-order valence-corrected chi connectivity index (χ4v) is 4.30. The maximum atomic E-state index is 12.5. The molecule has 5 rings (SSSR count). The van der Waals surface area contributed by atoms with Gasteiger partial charge in [0.1, 0.15) is 11.6 Å². The molecule has 1 fully saturated rings. The summed E-state index contributed by atoms with van der Waals surface area (Å²) >= 11 is 0. The highest BCUT2D eigenvalue weighted by Crippen LogP contribution is 2.21. The van der Waals surface area contributed by atoms with Gasteiger partial charge in [0.25, 0.3) is 5.56 Å². The Hall–Kier alpha value is -2.78. The van der Waals surface area contributed by atoms with Gasteiger partial charge in [-0.15, -0.1) is 10.2 Å². The molecule has 0 amide bonds. The highest BCUT2D eigenvalue weighted by atomic mass is 16.3. The second-order valence-electron chi connectivity index (χ2n) is 7.72. The Morgan fingerprint density at radius 1 is 1.07 bits per heavy atom. The van der Waals surface area contributed by atoms with Crippen LogP contribution in [0.4, 0.5) is 5.69 Å². The van der Waals surface area contributed by atoms with E-state index in [4.69, 9.17) is 5.11 Å². The number of aryl methyl sites for hydroxylation is 1. The molecule has 0 atom stereocenters. The van der Waals surface area contributed by atoms with Gasteiger partial charge >= 0.3 is 0 Å². The SMILES string of the molecule is O=c1c2ccc(N3CCN(Cc4nnc5n4CCC5)CC3)cc2ncn1CCO. The van der Waals surface area contributed by atoms with Crippen LogP contribution in [-0.2, 0) is 26.1 Å². The summed E-state index contributed by atoms with van der Waals surface area (Å²) in [6, 6.07) is 5.83. The van der Waals surface area contributed by atoms with Crippen LogP contribution < -0.4 is 10.5 Å². The van der Waals surface area contributed by atoms with Gasteiger partial charge < -0.3 is 14.6 Å². The summed E-state index contributed by atoms with van der Waals surface area (Å²) in [6.07, 6.45) is 3.73. The van der Waals surface area contributed by atoms with E-state index < -0.39 is 0 Å². The van der Waals surface area contributed by atoms with Crippen molar-refractivity contribution in [3.05, 3.63) is 46.5 Å². The average molecular weight is 395 g/mol. The van der Waals surface area contributed by atoms with Gasteiger partial charge in [-0.25, -0.2) is 4.98 Å². The maximum Gasteiger partial charge on any atom is 0.261 e. The van der Waals surface area contributed by atoms with Crippen molar-refractivity contribution < 1.29 is 5.11 Å². The van der Waals surface area contributed by atoms with E-state index in [9.17, 15) is 4.79 Å². The van der Waals surface area contributed by atoms with E-state index in [1.165, 1.54) is 17.3 Å². The molecule has 0 unspecified atom stereocenters. The predicted molar refractivity (Wildman–Crippen MR) is 109 cm³/mol.